The zero-order valence-corrected chi connectivity index (χ0v) is 17.5. The van der Waals surface area contributed by atoms with Crippen molar-refractivity contribution in [3.63, 3.8) is 0 Å². The molecule has 0 saturated heterocycles. The smallest absolute Gasteiger partial charge is 0.244 e. The molecule has 0 radical (unpaired) electrons. The lowest BCUT2D eigenvalue weighted by Gasteiger charge is -2.29. The topological polar surface area (TPSA) is 84.9 Å². The summed E-state index contributed by atoms with van der Waals surface area (Å²) in [5, 5.41) is 2.86. The first-order valence-electron chi connectivity index (χ1n) is 8.75. The molecule has 2 rings (SSSR count). The van der Waals surface area contributed by atoms with Gasteiger partial charge in [0.25, 0.3) is 0 Å². The van der Waals surface area contributed by atoms with E-state index in [1.807, 2.05) is 0 Å². The van der Waals surface area contributed by atoms with Crippen LogP contribution in [0.15, 0.2) is 48.5 Å². The molecule has 0 fully saturated rings. The summed E-state index contributed by atoms with van der Waals surface area (Å²) in [5.74, 6) is 0.808. The summed E-state index contributed by atoms with van der Waals surface area (Å²) in [7, 11) is -0.557. The Balaban J connectivity index is 2.27. The molecule has 2 atom stereocenters. The molecule has 2 aromatic rings. The summed E-state index contributed by atoms with van der Waals surface area (Å²) in [4.78, 5) is 12.9. The van der Waals surface area contributed by atoms with Gasteiger partial charge in [-0.3, -0.25) is 9.10 Å². The second-order valence-corrected chi connectivity index (χ2v) is 8.27. The van der Waals surface area contributed by atoms with Gasteiger partial charge in [-0.2, -0.15) is 0 Å². The molecule has 8 heteroatoms. The summed E-state index contributed by atoms with van der Waals surface area (Å²) in [5.41, 5.74) is 1.16. The molecule has 0 aliphatic carbocycles. The maximum atomic E-state index is 12.9. The van der Waals surface area contributed by atoms with Gasteiger partial charge in [0.15, 0.2) is 0 Å². The molecule has 152 valence electrons. The van der Waals surface area contributed by atoms with Gasteiger partial charge in [0.1, 0.15) is 17.5 Å². The van der Waals surface area contributed by atoms with Crippen molar-refractivity contribution in [1.29, 1.82) is 0 Å². The van der Waals surface area contributed by atoms with Crippen molar-refractivity contribution in [2.24, 2.45) is 0 Å². The summed E-state index contributed by atoms with van der Waals surface area (Å²) < 4.78 is 36.4. The lowest BCUT2D eigenvalue weighted by atomic mass is 10.1. The number of methoxy groups -OCH3 is 2. The lowest BCUT2D eigenvalue weighted by Crippen LogP contribution is -2.48. The van der Waals surface area contributed by atoms with E-state index in [2.05, 4.69) is 5.32 Å². The minimum Gasteiger partial charge on any atom is -0.497 e. The van der Waals surface area contributed by atoms with Gasteiger partial charge in [-0.25, -0.2) is 8.42 Å². The molecular formula is C20H26N2O5S. The van der Waals surface area contributed by atoms with E-state index in [4.69, 9.17) is 9.47 Å². The monoisotopic (exact) mass is 406 g/mol. The number of amides is 1. The fourth-order valence-corrected chi connectivity index (χ4v) is 4.15. The highest BCUT2D eigenvalue weighted by Gasteiger charge is 2.30. The van der Waals surface area contributed by atoms with Crippen molar-refractivity contribution < 1.29 is 22.7 Å². The van der Waals surface area contributed by atoms with E-state index in [9.17, 15) is 13.2 Å². The first kappa shape index (κ1) is 21.6. The van der Waals surface area contributed by atoms with Crippen LogP contribution < -0.4 is 19.1 Å². The van der Waals surface area contributed by atoms with Crippen LogP contribution in [0.5, 0.6) is 11.5 Å². The third kappa shape index (κ3) is 4.95. The van der Waals surface area contributed by atoms with Gasteiger partial charge in [0.05, 0.1) is 32.2 Å². The van der Waals surface area contributed by atoms with Gasteiger partial charge in [-0.05, 0) is 44.2 Å². The van der Waals surface area contributed by atoms with Gasteiger partial charge < -0.3 is 14.8 Å². The Morgan fingerprint density at radius 1 is 1.04 bits per heavy atom. The van der Waals surface area contributed by atoms with Crippen molar-refractivity contribution in [2.75, 3.05) is 24.8 Å². The van der Waals surface area contributed by atoms with Crippen LogP contribution >= 0.6 is 0 Å². The number of ether oxygens (including phenoxy) is 2. The second kappa shape index (κ2) is 8.97. The normalized spacial score (nSPS) is 13.3. The minimum absolute atomic E-state index is 0.419. The minimum atomic E-state index is -3.66. The summed E-state index contributed by atoms with van der Waals surface area (Å²) in [6.07, 6.45) is 1.08. The van der Waals surface area contributed by atoms with Crippen LogP contribution in [0.2, 0.25) is 0 Å². The zero-order valence-electron chi connectivity index (χ0n) is 16.7. The summed E-state index contributed by atoms with van der Waals surface area (Å²) >= 11 is 0. The molecule has 0 aliphatic heterocycles. The Morgan fingerprint density at radius 3 is 2.21 bits per heavy atom. The highest BCUT2D eigenvalue weighted by molar-refractivity contribution is 7.92. The SMILES string of the molecule is COc1ccc(OC)c([C@H](C)NC(=O)[C@H](C)N(c2ccccc2)S(C)(=O)=O)c1. The number of anilines is 1. The molecule has 0 aromatic heterocycles. The molecule has 28 heavy (non-hydrogen) atoms. The molecule has 0 spiro atoms. The maximum absolute atomic E-state index is 12.9. The van der Waals surface area contributed by atoms with Crippen LogP contribution in [-0.2, 0) is 14.8 Å². The van der Waals surface area contributed by atoms with Crippen LogP contribution in [0, 0.1) is 0 Å². The molecule has 0 heterocycles. The Hall–Kier alpha value is -2.74. The molecule has 0 aliphatic rings. The molecule has 2 aromatic carbocycles. The van der Waals surface area contributed by atoms with Gasteiger partial charge in [-0.1, -0.05) is 18.2 Å². The first-order valence-corrected chi connectivity index (χ1v) is 10.6. The van der Waals surface area contributed by atoms with Crippen molar-refractivity contribution in [3.05, 3.63) is 54.1 Å². The Labute approximate surface area is 166 Å². The van der Waals surface area contributed by atoms with E-state index in [1.165, 1.54) is 0 Å². The average Bonchev–Trinajstić information content (AvgIpc) is 2.67. The molecular weight excluding hydrogens is 380 g/mol. The van der Waals surface area contributed by atoms with Gasteiger partial charge >= 0.3 is 0 Å². The number of carbonyl (C=O) groups excluding carboxylic acids is 1. The summed E-state index contributed by atoms with van der Waals surface area (Å²) in [6.45, 7) is 3.36. The number of para-hydroxylation sites is 1. The van der Waals surface area contributed by atoms with Crippen LogP contribution in [0.25, 0.3) is 0 Å². The molecule has 1 amide bonds. The highest BCUT2D eigenvalue weighted by atomic mass is 32.2. The number of nitrogens with zero attached hydrogens (tertiary/aromatic N) is 1. The predicted octanol–water partition coefficient (Wildman–Crippen LogP) is 2.74. The quantitative estimate of drug-likeness (QED) is 0.729. The number of nitrogens with one attached hydrogen (secondary N) is 1. The van der Waals surface area contributed by atoms with Crippen molar-refractivity contribution in [2.45, 2.75) is 25.9 Å². The van der Waals surface area contributed by atoms with Gasteiger partial charge in [0, 0.05) is 5.56 Å². The standard InChI is InChI=1S/C20H26N2O5S/c1-14(18-13-17(26-3)11-12-19(18)27-4)21-20(23)15(2)22(28(5,24)25)16-9-7-6-8-10-16/h6-15H,1-5H3,(H,21,23)/t14-,15-/m0/s1. The van der Waals surface area contributed by atoms with Gasteiger partial charge in [-0.15, -0.1) is 0 Å². The van der Waals surface area contributed by atoms with Gasteiger partial charge in [0.2, 0.25) is 15.9 Å². The fraction of sp³-hybridized carbons (Fsp3) is 0.350. The highest BCUT2D eigenvalue weighted by Crippen LogP contribution is 2.29. The van der Waals surface area contributed by atoms with E-state index in [0.29, 0.717) is 17.2 Å². The van der Waals surface area contributed by atoms with E-state index in [-0.39, 0.29) is 0 Å². The van der Waals surface area contributed by atoms with Crippen LogP contribution in [0.1, 0.15) is 25.5 Å². The van der Waals surface area contributed by atoms with E-state index in [1.54, 1.807) is 76.6 Å². The Bertz CT molecular complexity index is 915. The van der Waals surface area contributed by atoms with Crippen LogP contribution in [0.3, 0.4) is 0 Å². The lowest BCUT2D eigenvalue weighted by molar-refractivity contribution is -0.122. The van der Waals surface area contributed by atoms with Crippen molar-refractivity contribution in [3.8, 4) is 11.5 Å². The predicted molar refractivity (Wildman–Crippen MR) is 109 cm³/mol. The Kier molecular flexibility index (Phi) is 6.90. The average molecular weight is 407 g/mol. The molecule has 0 bridgehead atoms. The number of carbonyl (C=O) groups is 1. The summed E-state index contributed by atoms with van der Waals surface area (Å²) in [6, 6.07) is 12.5. The number of hydrogen-bond acceptors (Lipinski definition) is 5. The van der Waals surface area contributed by atoms with E-state index >= 15 is 0 Å². The first-order chi connectivity index (χ1) is 13.2. The zero-order chi connectivity index (χ0) is 20.9. The third-order valence-corrected chi connectivity index (χ3v) is 5.60. The number of benzene rings is 2. The number of sulfonamides is 1. The van der Waals surface area contributed by atoms with Crippen molar-refractivity contribution in [1.82, 2.24) is 5.32 Å². The second-order valence-electron chi connectivity index (χ2n) is 6.41. The maximum Gasteiger partial charge on any atom is 0.244 e. The van der Waals surface area contributed by atoms with Crippen LogP contribution in [-0.4, -0.2) is 40.8 Å². The van der Waals surface area contributed by atoms with Crippen molar-refractivity contribution >= 4 is 21.6 Å². The number of hydrogen-bond donors (Lipinski definition) is 1. The van der Waals surface area contributed by atoms with E-state index in [0.717, 1.165) is 16.1 Å². The van der Waals surface area contributed by atoms with E-state index < -0.39 is 28.0 Å². The fourth-order valence-electron chi connectivity index (χ4n) is 2.97. The van der Waals surface area contributed by atoms with Crippen LogP contribution in [0.4, 0.5) is 5.69 Å². The molecule has 0 unspecified atom stereocenters. The Morgan fingerprint density at radius 2 is 1.68 bits per heavy atom. The largest absolute Gasteiger partial charge is 0.497 e. The number of rotatable bonds is 8. The molecule has 7 nitrogen and oxygen atoms in total. The third-order valence-electron chi connectivity index (χ3n) is 4.36. The molecule has 0 saturated carbocycles. The molecule has 1 N–H and O–H groups in total.